The first kappa shape index (κ1) is 17.7. The van der Waals surface area contributed by atoms with Crippen molar-refractivity contribution in [3.05, 3.63) is 65.5 Å². The van der Waals surface area contributed by atoms with E-state index < -0.39 is 6.36 Å². The third-order valence-corrected chi connectivity index (χ3v) is 4.15. The van der Waals surface area contributed by atoms with Crippen molar-refractivity contribution in [2.24, 2.45) is 0 Å². The number of halogens is 4. The van der Waals surface area contributed by atoms with E-state index in [1.165, 1.54) is 18.2 Å². The Labute approximate surface area is 143 Å². The largest absolute Gasteiger partial charge is 0.573 e. The Morgan fingerprint density at radius 3 is 2.20 bits per heavy atom. The van der Waals surface area contributed by atoms with E-state index >= 15 is 0 Å². The molecule has 0 aliphatic carbocycles. The van der Waals surface area contributed by atoms with E-state index in [0.717, 1.165) is 31.7 Å². The lowest BCUT2D eigenvalue weighted by Crippen LogP contribution is -2.45. The Morgan fingerprint density at radius 1 is 0.960 bits per heavy atom. The van der Waals surface area contributed by atoms with Gasteiger partial charge in [0.1, 0.15) is 11.6 Å². The van der Waals surface area contributed by atoms with Crippen molar-refractivity contribution in [2.75, 3.05) is 26.2 Å². The summed E-state index contributed by atoms with van der Waals surface area (Å²) in [5.41, 5.74) is 1.23. The van der Waals surface area contributed by atoms with Crippen molar-refractivity contribution < 1.29 is 22.3 Å². The molecular formula is C18H18F4N2O. The molecule has 3 rings (SSSR count). The minimum atomic E-state index is -4.73. The molecule has 1 fully saturated rings. The maximum atomic E-state index is 14.4. The molecule has 1 heterocycles. The quantitative estimate of drug-likeness (QED) is 0.847. The van der Waals surface area contributed by atoms with E-state index in [4.69, 9.17) is 0 Å². The van der Waals surface area contributed by atoms with Crippen LogP contribution in [0.3, 0.4) is 0 Å². The molecule has 3 nitrogen and oxygen atoms in total. The van der Waals surface area contributed by atoms with Crippen LogP contribution in [0, 0.1) is 5.82 Å². The van der Waals surface area contributed by atoms with Gasteiger partial charge in [0.15, 0.2) is 0 Å². The highest BCUT2D eigenvalue weighted by molar-refractivity contribution is 5.36. The molecule has 1 atom stereocenters. The summed E-state index contributed by atoms with van der Waals surface area (Å²) in [5, 5.41) is 3.24. The van der Waals surface area contributed by atoms with Gasteiger partial charge in [0.05, 0.1) is 6.04 Å². The van der Waals surface area contributed by atoms with E-state index in [1.54, 1.807) is 30.3 Å². The minimum Gasteiger partial charge on any atom is -0.406 e. The van der Waals surface area contributed by atoms with Crippen molar-refractivity contribution in [1.29, 1.82) is 0 Å². The monoisotopic (exact) mass is 354 g/mol. The molecule has 0 radical (unpaired) electrons. The molecule has 2 aromatic rings. The smallest absolute Gasteiger partial charge is 0.406 e. The van der Waals surface area contributed by atoms with Crippen molar-refractivity contribution >= 4 is 0 Å². The molecule has 0 bridgehead atoms. The molecule has 0 spiro atoms. The van der Waals surface area contributed by atoms with E-state index in [9.17, 15) is 17.6 Å². The lowest BCUT2D eigenvalue weighted by Gasteiger charge is -2.35. The zero-order chi connectivity index (χ0) is 17.9. The molecule has 25 heavy (non-hydrogen) atoms. The summed E-state index contributed by atoms with van der Waals surface area (Å²) in [7, 11) is 0. The predicted molar refractivity (Wildman–Crippen MR) is 85.8 cm³/mol. The lowest BCUT2D eigenvalue weighted by molar-refractivity contribution is -0.274. The number of nitrogens with one attached hydrogen (secondary N) is 1. The van der Waals surface area contributed by atoms with E-state index in [0.29, 0.717) is 5.56 Å². The van der Waals surface area contributed by atoms with E-state index in [1.807, 2.05) is 0 Å². The van der Waals surface area contributed by atoms with Crippen LogP contribution in [-0.4, -0.2) is 37.4 Å². The molecule has 2 aromatic carbocycles. The number of alkyl halides is 3. The third-order valence-electron chi connectivity index (χ3n) is 4.15. The number of hydrogen-bond donors (Lipinski definition) is 1. The van der Waals surface area contributed by atoms with Gasteiger partial charge in [-0.3, -0.25) is 4.90 Å². The van der Waals surface area contributed by atoms with Gasteiger partial charge in [0, 0.05) is 31.7 Å². The van der Waals surface area contributed by atoms with Gasteiger partial charge >= 0.3 is 6.36 Å². The van der Waals surface area contributed by atoms with Gasteiger partial charge in [-0.25, -0.2) is 4.39 Å². The Hall–Kier alpha value is -2.12. The summed E-state index contributed by atoms with van der Waals surface area (Å²) in [4.78, 5) is 2.12. The molecule has 1 N–H and O–H groups in total. The maximum absolute atomic E-state index is 14.4. The van der Waals surface area contributed by atoms with Gasteiger partial charge in [-0.05, 0) is 23.8 Å². The number of piperazine rings is 1. The van der Waals surface area contributed by atoms with Crippen molar-refractivity contribution in [3.8, 4) is 5.75 Å². The first-order valence-electron chi connectivity index (χ1n) is 7.99. The fourth-order valence-corrected chi connectivity index (χ4v) is 3.08. The van der Waals surface area contributed by atoms with Gasteiger partial charge in [-0.2, -0.15) is 0 Å². The summed E-state index contributed by atoms with van der Waals surface area (Å²) in [6, 6.07) is 11.8. The number of nitrogens with zero attached hydrogens (tertiary/aromatic N) is 1. The highest BCUT2D eigenvalue weighted by Crippen LogP contribution is 2.32. The minimum absolute atomic E-state index is 0.288. The van der Waals surface area contributed by atoms with Gasteiger partial charge < -0.3 is 10.1 Å². The second-order valence-electron chi connectivity index (χ2n) is 5.83. The lowest BCUT2D eigenvalue weighted by atomic mass is 9.96. The van der Waals surface area contributed by atoms with Gasteiger partial charge in [-0.15, -0.1) is 13.2 Å². The predicted octanol–water partition coefficient (Wildman–Crippen LogP) is 3.72. The standard InChI is InChI=1S/C18H18F4N2O/c19-16-4-2-1-3-15(16)17(24-11-9-23-10-12-24)13-5-7-14(8-6-13)25-18(20,21)22/h1-8,17,23H,9-12H2/t17-/m0/s1. The highest BCUT2D eigenvalue weighted by atomic mass is 19.4. The second-order valence-corrected chi connectivity index (χ2v) is 5.83. The van der Waals surface area contributed by atoms with Gasteiger partial charge in [-0.1, -0.05) is 30.3 Å². The Balaban J connectivity index is 1.93. The topological polar surface area (TPSA) is 24.5 Å². The van der Waals surface area contributed by atoms with Gasteiger partial charge in [0.2, 0.25) is 0 Å². The van der Waals surface area contributed by atoms with Crippen molar-refractivity contribution in [1.82, 2.24) is 10.2 Å². The first-order valence-corrected chi connectivity index (χ1v) is 7.99. The fraction of sp³-hybridized carbons (Fsp3) is 0.333. The van der Waals surface area contributed by atoms with Crippen molar-refractivity contribution in [2.45, 2.75) is 12.4 Å². The molecule has 0 saturated carbocycles. The van der Waals surface area contributed by atoms with Crippen LogP contribution in [0.5, 0.6) is 5.75 Å². The van der Waals surface area contributed by atoms with Crippen LogP contribution in [0.1, 0.15) is 17.2 Å². The Bertz CT molecular complexity index is 697. The fourth-order valence-electron chi connectivity index (χ4n) is 3.08. The first-order chi connectivity index (χ1) is 11.9. The average Bonchev–Trinajstić information content (AvgIpc) is 2.58. The third kappa shape index (κ3) is 4.49. The Kier molecular flexibility index (Phi) is 5.24. The van der Waals surface area contributed by atoms with E-state index in [2.05, 4.69) is 15.0 Å². The maximum Gasteiger partial charge on any atom is 0.573 e. The van der Waals surface area contributed by atoms with Crippen LogP contribution in [0.15, 0.2) is 48.5 Å². The number of ether oxygens (including phenoxy) is 1. The molecule has 7 heteroatoms. The number of hydrogen-bond acceptors (Lipinski definition) is 3. The summed E-state index contributed by atoms with van der Waals surface area (Å²) < 4.78 is 55.2. The molecule has 1 aliphatic rings. The Morgan fingerprint density at radius 2 is 1.60 bits per heavy atom. The average molecular weight is 354 g/mol. The highest BCUT2D eigenvalue weighted by Gasteiger charge is 2.31. The molecule has 0 aromatic heterocycles. The normalized spacial score (nSPS) is 17.3. The molecule has 134 valence electrons. The zero-order valence-corrected chi connectivity index (χ0v) is 13.4. The molecule has 0 amide bonds. The van der Waals surface area contributed by atoms with Crippen LogP contribution >= 0.6 is 0 Å². The van der Waals surface area contributed by atoms with Gasteiger partial charge in [0.25, 0.3) is 0 Å². The van der Waals surface area contributed by atoms with E-state index in [-0.39, 0.29) is 17.6 Å². The summed E-state index contributed by atoms with van der Waals surface area (Å²) in [5.74, 6) is -0.620. The SMILES string of the molecule is Fc1ccccc1[C@H](c1ccc(OC(F)(F)F)cc1)N1CCNCC1. The summed E-state index contributed by atoms with van der Waals surface area (Å²) in [6.45, 7) is 3.00. The summed E-state index contributed by atoms with van der Waals surface area (Å²) >= 11 is 0. The van der Waals surface area contributed by atoms with Crippen molar-refractivity contribution in [3.63, 3.8) is 0 Å². The molecule has 1 aliphatic heterocycles. The van der Waals surface area contributed by atoms with Crippen LogP contribution in [-0.2, 0) is 0 Å². The molecular weight excluding hydrogens is 336 g/mol. The van der Waals surface area contributed by atoms with Crippen LogP contribution in [0.4, 0.5) is 17.6 Å². The second kappa shape index (κ2) is 7.41. The summed E-state index contributed by atoms with van der Waals surface area (Å²) in [6.07, 6.45) is -4.73. The van der Waals surface area contributed by atoms with Crippen LogP contribution in [0.2, 0.25) is 0 Å². The molecule has 0 unspecified atom stereocenters. The van der Waals surface area contributed by atoms with Crippen LogP contribution in [0.25, 0.3) is 0 Å². The van der Waals surface area contributed by atoms with Crippen LogP contribution < -0.4 is 10.1 Å². The molecule has 1 saturated heterocycles. The zero-order valence-electron chi connectivity index (χ0n) is 13.4. The number of benzene rings is 2. The number of rotatable bonds is 4.